The van der Waals surface area contributed by atoms with Crippen molar-refractivity contribution in [3.8, 4) is 0 Å². The molecule has 20 heavy (non-hydrogen) atoms. The van der Waals surface area contributed by atoms with Gasteiger partial charge in [0, 0.05) is 25.8 Å². The fourth-order valence-corrected chi connectivity index (χ4v) is 1.31. The first kappa shape index (κ1) is 17.8. The summed E-state index contributed by atoms with van der Waals surface area (Å²) in [5.74, 6) is 0. The maximum Gasteiger partial charge on any atom is 0.409 e. The molecule has 0 aliphatic rings. The van der Waals surface area contributed by atoms with E-state index in [2.05, 4.69) is 5.59 Å². The minimum absolute atomic E-state index is 0.269. The largest absolute Gasteiger partial charge is 0.445 e. The number of hydrogen-bond acceptors (Lipinski definition) is 6. The summed E-state index contributed by atoms with van der Waals surface area (Å²) in [4.78, 5) is 22.7. The van der Waals surface area contributed by atoms with Crippen LogP contribution in [0.3, 0.4) is 0 Å². The number of benzene rings is 1. The highest BCUT2D eigenvalue weighted by atomic mass is 16.6. The molecule has 1 amide bonds. The van der Waals surface area contributed by atoms with Gasteiger partial charge in [-0.3, -0.25) is 0 Å². The number of carbonyl (C=O) groups is 1. The van der Waals surface area contributed by atoms with Gasteiger partial charge in [-0.1, -0.05) is 17.7 Å². The number of rotatable bonds is 5. The monoisotopic (exact) mass is 282 g/mol. The Morgan fingerprint density at radius 3 is 2.20 bits per heavy atom. The van der Waals surface area contributed by atoms with Crippen LogP contribution in [0, 0.1) is 10.5 Å². The number of amides is 1. The van der Waals surface area contributed by atoms with Crippen molar-refractivity contribution in [3.63, 3.8) is 0 Å². The van der Waals surface area contributed by atoms with E-state index in [0.29, 0.717) is 12.2 Å². The summed E-state index contributed by atoms with van der Waals surface area (Å²) in [5, 5.41) is 0. The fourth-order valence-electron chi connectivity index (χ4n) is 1.31. The van der Waals surface area contributed by atoms with E-state index in [4.69, 9.17) is 15.4 Å². The van der Waals surface area contributed by atoms with Crippen molar-refractivity contribution in [2.75, 3.05) is 40.0 Å². The lowest BCUT2D eigenvalue weighted by molar-refractivity contribution is 0.102. The Morgan fingerprint density at radius 2 is 1.70 bits per heavy atom. The molecule has 0 atom stereocenters. The number of ether oxygens (including phenoxy) is 1. The first-order chi connectivity index (χ1) is 9.49. The van der Waals surface area contributed by atoms with E-state index in [1.165, 1.54) is 0 Å². The van der Waals surface area contributed by atoms with Gasteiger partial charge in [0.05, 0.1) is 0 Å². The van der Waals surface area contributed by atoms with E-state index in [9.17, 15) is 4.79 Å². The van der Waals surface area contributed by atoms with Crippen LogP contribution in [0.1, 0.15) is 5.56 Å². The van der Waals surface area contributed by atoms with Crippen molar-refractivity contribution >= 4 is 11.8 Å². The van der Waals surface area contributed by atoms with Gasteiger partial charge in [0.25, 0.3) is 0 Å². The second-order valence-corrected chi connectivity index (χ2v) is 4.52. The average molecular weight is 282 g/mol. The summed E-state index contributed by atoms with van der Waals surface area (Å²) >= 11 is 0. The fraction of sp³-hybridized carbons (Fsp3) is 0.462. The summed E-state index contributed by atoms with van der Waals surface area (Å²) in [7, 11) is 5.66. The highest BCUT2D eigenvalue weighted by molar-refractivity contribution is 5.67. The number of likely N-dealkylation sites (N-methyl/N-ethyl adjacent to an activating group) is 2. The smallest absolute Gasteiger partial charge is 0.409 e. The van der Waals surface area contributed by atoms with Crippen molar-refractivity contribution in [1.82, 2.24) is 9.80 Å². The third-order valence-electron chi connectivity index (χ3n) is 2.54. The lowest BCUT2D eigenvalue weighted by Gasteiger charge is -2.19. The highest BCUT2D eigenvalue weighted by Gasteiger charge is 2.09. The Morgan fingerprint density at radius 1 is 1.15 bits per heavy atom. The number of carbonyl (C=O) groups excluding carboxylic acids is 1. The molecule has 3 N–H and O–H groups in total. The van der Waals surface area contributed by atoms with E-state index in [-0.39, 0.29) is 12.7 Å². The predicted octanol–water partition coefficient (Wildman–Crippen LogP) is 1.73. The molecule has 0 spiro atoms. The zero-order chi connectivity index (χ0) is 15.5. The lowest BCUT2D eigenvalue weighted by Crippen LogP contribution is -2.33. The summed E-state index contributed by atoms with van der Waals surface area (Å²) in [5.41, 5.74) is 11.7. The molecule has 0 saturated carbocycles. The van der Waals surface area contributed by atoms with E-state index in [1.54, 1.807) is 24.1 Å². The Labute approximate surface area is 119 Å². The van der Waals surface area contributed by atoms with Gasteiger partial charge in [-0.2, -0.15) is 4.91 Å². The maximum absolute atomic E-state index is 11.7. The Bertz CT molecular complexity index is 395. The number of anilines is 1. The molecular formula is C13H22N4O3. The van der Waals surface area contributed by atoms with E-state index < -0.39 is 0 Å². The molecular weight excluding hydrogens is 260 g/mol. The summed E-state index contributed by atoms with van der Waals surface area (Å²) in [6.07, 6.45) is -0.311. The second-order valence-electron chi connectivity index (χ2n) is 4.52. The van der Waals surface area contributed by atoms with Gasteiger partial charge in [-0.25, -0.2) is 4.79 Å². The molecule has 0 fully saturated rings. The van der Waals surface area contributed by atoms with Crippen molar-refractivity contribution in [2.24, 2.45) is 0 Å². The van der Waals surface area contributed by atoms with Gasteiger partial charge in [0.15, 0.2) is 0 Å². The third-order valence-corrected chi connectivity index (χ3v) is 2.54. The molecule has 1 aromatic carbocycles. The first-order valence-corrected chi connectivity index (χ1v) is 6.06. The van der Waals surface area contributed by atoms with E-state index in [0.717, 1.165) is 12.1 Å². The Kier molecular flexibility index (Phi) is 8.69. The maximum atomic E-state index is 11.7. The minimum Gasteiger partial charge on any atom is -0.445 e. The molecule has 7 heteroatoms. The summed E-state index contributed by atoms with van der Waals surface area (Å²) < 4.78 is 5.19. The van der Waals surface area contributed by atoms with Gasteiger partial charge in [-0.15, -0.1) is 0 Å². The molecule has 0 aromatic heterocycles. The van der Waals surface area contributed by atoms with Gasteiger partial charge < -0.3 is 20.3 Å². The number of nitrogens with one attached hydrogen (secondary N) is 1. The molecule has 1 rings (SSSR count). The van der Waals surface area contributed by atoms with Crippen LogP contribution in [0.15, 0.2) is 24.3 Å². The summed E-state index contributed by atoms with van der Waals surface area (Å²) in [6, 6.07) is 7.28. The SMILES string of the molecule is CN(C)CCN(C)C(=O)OCc1ccc(N)cc1.N=O. The molecule has 0 aliphatic carbocycles. The number of hydrogen-bond donors (Lipinski definition) is 2. The lowest BCUT2D eigenvalue weighted by atomic mass is 10.2. The first-order valence-electron chi connectivity index (χ1n) is 6.06. The van der Waals surface area contributed by atoms with Crippen molar-refractivity contribution < 1.29 is 9.53 Å². The van der Waals surface area contributed by atoms with Gasteiger partial charge in [0.2, 0.25) is 0 Å². The Balaban J connectivity index is 0.00000172. The van der Waals surface area contributed by atoms with Crippen LogP contribution >= 0.6 is 0 Å². The van der Waals surface area contributed by atoms with Crippen LogP contribution in [0.4, 0.5) is 10.5 Å². The van der Waals surface area contributed by atoms with Gasteiger partial charge >= 0.3 is 6.09 Å². The molecule has 0 unspecified atom stereocenters. The summed E-state index contributed by atoms with van der Waals surface area (Å²) in [6.45, 7) is 1.73. The average Bonchev–Trinajstić information content (AvgIpc) is 2.45. The zero-order valence-corrected chi connectivity index (χ0v) is 12.1. The van der Waals surface area contributed by atoms with Gasteiger partial charge in [-0.05, 0) is 31.8 Å². The van der Waals surface area contributed by atoms with E-state index in [1.807, 2.05) is 31.1 Å². The second kappa shape index (κ2) is 9.74. The van der Waals surface area contributed by atoms with Crippen LogP contribution in [0.25, 0.3) is 0 Å². The van der Waals surface area contributed by atoms with Crippen LogP contribution in [0.2, 0.25) is 0 Å². The molecule has 0 saturated heterocycles. The van der Waals surface area contributed by atoms with Crippen LogP contribution < -0.4 is 5.73 Å². The quantitative estimate of drug-likeness (QED) is 0.633. The number of nitroso groups, excluding NO2 is 1. The van der Waals surface area contributed by atoms with Crippen molar-refractivity contribution in [2.45, 2.75) is 6.61 Å². The van der Waals surface area contributed by atoms with Crippen LogP contribution in [-0.4, -0.2) is 50.1 Å². The normalized spacial score (nSPS) is 9.60. The zero-order valence-electron chi connectivity index (χ0n) is 12.1. The number of nitrogen functional groups attached to an aromatic ring is 1. The molecule has 0 aliphatic heterocycles. The van der Waals surface area contributed by atoms with Crippen LogP contribution in [-0.2, 0) is 11.3 Å². The molecule has 0 heterocycles. The minimum atomic E-state index is -0.311. The molecule has 7 nitrogen and oxygen atoms in total. The van der Waals surface area contributed by atoms with Crippen molar-refractivity contribution in [3.05, 3.63) is 34.7 Å². The molecule has 1 aromatic rings. The third kappa shape index (κ3) is 7.32. The number of nitrogens with two attached hydrogens (primary N) is 1. The van der Waals surface area contributed by atoms with Crippen LogP contribution in [0.5, 0.6) is 0 Å². The molecule has 0 radical (unpaired) electrons. The topological polar surface area (TPSA) is 99.7 Å². The standard InChI is InChI=1S/C13H21N3O2.HNO/c1-15(2)8-9-16(3)13(17)18-10-11-4-6-12(14)7-5-11;1-2/h4-7H,8-10,14H2,1-3H3;1H. The molecule has 0 bridgehead atoms. The predicted molar refractivity (Wildman–Crippen MR) is 78.3 cm³/mol. The van der Waals surface area contributed by atoms with Crippen molar-refractivity contribution in [1.29, 1.82) is 5.59 Å². The number of nitrogens with zero attached hydrogens (tertiary/aromatic N) is 2. The molecule has 112 valence electrons. The highest BCUT2D eigenvalue weighted by Crippen LogP contribution is 2.07. The van der Waals surface area contributed by atoms with Gasteiger partial charge in [0.1, 0.15) is 6.61 Å². The van der Waals surface area contributed by atoms with E-state index >= 15 is 0 Å². The Hall–Kier alpha value is -2.15.